The van der Waals surface area contributed by atoms with Gasteiger partial charge in [0.1, 0.15) is 18.0 Å². The first-order valence-corrected chi connectivity index (χ1v) is 9.60. The third-order valence-electron chi connectivity index (χ3n) is 4.51. The molecule has 2 aromatic carbocycles. The molecule has 0 unspecified atom stereocenters. The van der Waals surface area contributed by atoms with Crippen molar-refractivity contribution in [2.45, 2.75) is 20.1 Å². The smallest absolute Gasteiger partial charge is 0.276 e. The molecule has 1 amide bonds. The summed E-state index contributed by atoms with van der Waals surface area (Å²) in [5.41, 5.74) is 3.04. The van der Waals surface area contributed by atoms with Gasteiger partial charge in [0.2, 0.25) is 0 Å². The molecule has 0 saturated heterocycles. The minimum atomic E-state index is -0.596. The van der Waals surface area contributed by atoms with Crippen LogP contribution in [0.3, 0.4) is 0 Å². The van der Waals surface area contributed by atoms with E-state index in [0.717, 1.165) is 0 Å². The minimum Gasteiger partial charge on any atom is -0.493 e. The first kappa shape index (κ1) is 21.8. The molecule has 31 heavy (non-hydrogen) atoms. The number of hydrogen-bond donors (Lipinski definition) is 1. The van der Waals surface area contributed by atoms with Crippen LogP contribution in [0.5, 0.6) is 11.5 Å². The van der Waals surface area contributed by atoms with E-state index >= 15 is 0 Å². The fourth-order valence-electron chi connectivity index (χ4n) is 2.84. The molecule has 0 aliphatic rings. The Labute approximate surface area is 178 Å². The number of methoxy groups -OCH3 is 1. The number of carbonyl (C=O) groups is 1. The molecule has 0 radical (unpaired) electrons. The highest BCUT2D eigenvalue weighted by Crippen LogP contribution is 2.28. The Bertz CT molecular complexity index is 1160. The van der Waals surface area contributed by atoms with E-state index in [0.29, 0.717) is 29.2 Å². The number of aromatic nitrogens is 1. The van der Waals surface area contributed by atoms with E-state index in [4.69, 9.17) is 9.47 Å². The summed E-state index contributed by atoms with van der Waals surface area (Å²) in [6.07, 6.45) is 3.03. The number of halogens is 1. The van der Waals surface area contributed by atoms with Crippen molar-refractivity contribution < 1.29 is 18.7 Å². The lowest BCUT2D eigenvalue weighted by molar-refractivity contribution is 0.0953. The summed E-state index contributed by atoms with van der Waals surface area (Å²) in [5.74, 6) is -0.0669. The normalized spacial score (nSPS) is 10.8. The van der Waals surface area contributed by atoms with Crippen LogP contribution >= 0.6 is 0 Å². The zero-order valence-corrected chi connectivity index (χ0v) is 17.2. The molecule has 0 aliphatic heterocycles. The Morgan fingerprint density at radius 2 is 1.97 bits per heavy atom. The van der Waals surface area contributed by atoms with Crippen LogP contribution in [0, 0.1) is 5.82 Å². The van der Waals surface area contributed by atoms with Crippen molar-refractivity contribution in [2.75, 3.05) is 7.11 Å². The topological polar surface area (TPSA) is 81.9 Å². The molecule has 160 valence electrons. The van der Waals surface area contributed by atoms with Crippen LogP contribution in [0.2, 0.25) is 0 Å². The molecular weight excluding hydrogens is 401 g/mol. The number of rotatable bonds is 8. The van der Waals surface area contributed by atoms with Crippen LogP contribution in [0.1, 0.15) is 28.4 Å². The van der Waals surface area contributed by atoms with E-state index < -0.39 is 5.91 Å². The number of benzene rings is 2. The molecule has 8 heteroatoms. The van der Waals surface area contributed by atoms with Gasteiger partial charge in [0.25, 0.3) is 11.5 Å². The summed E-state index contributed by atoms with van der Waals surface area (Å²) < 4.78 is 26.2. The number of nitrogens with one attached hydrogen (secondary N) is 1. The number of aryl methyl sites for hydroxylation is 1. The fraction of sp³-hybridized carbons (Fsp3) is 0.174. The van der Waals surface area contributed by atoms with Gasteiger partial charge in [-0.2, -0.15) is 5.10 Å². The molecule has 3 aromatic rings. The number of carbonyl (C=O) groups excluding carboxylic acids is 1. The lowest BCUT2D eigenvalue weighted by Crippen LogP contribution is -2.30. The van der Waals surface area contributed by atoms with E-state index in [2.05, 4.69) is 10.5 Å². The molecule has 0 fully saturated rings. The minimum absolute atomic E-state index is 0.0102. The van der Waals surface area contributed by atoms with E-state index in [1.807, 2.05) is 6.92 Å². The average molecular weight is 423 g/mol. The summed E-state index contributed by atoms with van der Waals surface area (Å²) in [4.78, 5) is 24.4. The third kappa shape index (κ3) is 5.36. The largest absolute Gasteiger partial charge is 0.493 e. The molecular formula is C23H22FN3O4. The highest BCUT2D eigenvalue weighted by Gasteiger charge is 2.11. The van der Waals surface area contributed by atoms with Gasteiger partial charge in [-0.15, -0.1) is 0 Å². The molecule has 0 saturated carbocycles. The second-order valence-corrected chi connectivity index (χ2v) is 6.50. The average Bonchev–Trinajstić information content (AvgIpc) is 2.79. The summed E-state index contributed by atoms with van der Waals surface area (Å²) in [6.45, 7) is 2.34. The molecule has 0 spiro atoms. The van der Waals surface area contributed by atoms with Gasteiger partial charge in [0, 0.05) is 18.3 Å². The standard InChI is InChI=1S/C23H22FN3O4/c1-3-27-12-6-8-18(23(27)29)22(28)26-25-14-16-10-11-20(21(13-16)30-2)31-15-17-7-4-5-9-19(17)24/h4-14H,3,15H2,1-2H3,(H,26,28)/b25-14-. The third-order valence-corrected chi connectivity index (χ3v) is 4.51. The van der Waals surface area contributed by atoms with Crippen molar-refractivity contribution in [3.05, 3.63) is 93.7 Å². The summed E-state index contributed by atoms with van der Waals surface area (Å²) in [7, 11) is 1.49. The predicted molar refractivity (Wildman–Crippen MR) is 115 cm³/mol. The fourth-order valence-corrected chi connectivity index (χ4v) is 2.84. The van der Waals surface area contributed by atoms with Gasteiger partial charge in [-0.1, -0.05) is 18.2 Å². The van der Waals surface area contributed by atoms with Gasteiger partial charge >= 0.3 is 0 Å². The van der Waals surface area contributed by atoms with Gasteiger partial charge in [-0.25, -0.2) is 9.82 Å². The van der Waals surface area contributed by atoms with Crippen molar-refractivity contribution >= 4 is 12.1 Å². The quantitative estimate of drug-likeness (QED) is 0.445. The van der Waals surface area contributed by atoms with E-state index in [9.17, 15) is 14.0 Å². The zero-order valence-electron chi connectivity index (χ0n) is 17.2. The van der Waals surface area contributed by atoms with Crippen molar-refractivity contribution in [3.8, 4) is 11.5 Å². The molecule has 0 bridgehead atoms. The van der Waals surface area contributed by atoms with Gasteiger partial charge in [-0.3, -0.25) is 9.59 Å². The monoisotopic (exact) mass is 423 g/mol. The molecule has 1 heterocycles. The second kappa shape index (κ2) is 10.2. The maximum atomic E-state index is 13.7. The van der Waals surface area contributed by atoms with Gasteiger partial charge in [-0.05, 0) is 48.9 Å². The first-order valence-electron chi connectivity index (χ1n) is 9.60. The van der Waals surface area contributed by atoms with Crippen LogP contribution in [0.4, 0.5) is 4.39 Å². The number of amides is 1. The highest BCUT2D eigenvalue weighted by molar-refractivity contribution is 5.94. The van der Waals surface area contributed by atoms with E-state index in [-0.39, 0.29) is 23.5 Å². The number of nitrogens with zero attached hydrogens (tertiary/aromatic N) is 2. The molecule has 1 aromatic heterocycles. The van der Waals surface area contributed by atoms with Crippen LogP contribution < -0.4 is 20.5 Å². The summed E-state index contributed by atoms with van der Waals surface area (Å²) in [6, 6.07) is 14.5. The number of ether oxygens (including phenoxy) is 2. The lowest BCUT2D eigenvalue weighted by Gasteiger charge is -2.11. The molecule has 1 N–H and O–H groups in total. The Balaban J connectivity index is 1.67. The lowest BCUT2D eigenvalue weighted by atomic mass is 10.2. The first-order chi connectivity index (χ1) is 15.0. The molecule has 0 atom stereocenters. The maximum Gasteiger partial charge on any atom is 0.276 e. The maximum absolute atomic E-state index is 13.7. The Hall–Kier alpha value is -3.94. The zero-order chi connectivity index (χ0) is 22.2. The molecule has 3 rings (SSSR count). The van der Waals surface area contributed by atoms with Crippen LogP contribution in [0.15, 0.2) is 70.7 Å². The van der Waals surface area contributed by atoms with E-state index in [1.165, 1.54) is 30.0 Å². The van der Waals surface area contributed by atoms with Crippen LogP contribution in [-0.2, 0) is 13.2 Å². The van der Waals surface area contributed by atoms with Crippen LogP contribution in [0.25, 0.3) is 0 Å². The summed E-state index contributed by atoms with van der Waals surface area (Å²) in [5, 5.41) is 3.91. The van der Waals surface area contributed by atoms with Crippen molar-refractivity contribution in [1.82, 2.24) is 9.99 Å². The van der Waals surface area contributed by atoms with Gasteiger partial charge < -0.3 is 14.0 Å². The summed E-state index contributed by atoms with van der Waals surface area (Å²) >= 11 is 0. The predicted octanol–water partition coefficient (Wildman–Crippen LogP) is 3.36. The number of pyridine rings is 1. The van der Waals surface area contributed by atoms with Crippen LogP contribution in [-0.4, -0.2) is 23.8 Å². The van der Waals surface area contributed by atoms with Gasteiger partial charge in [0.05, 0.1) is 13.3 Å². The molecule has 7 nitrogen and oxygen atoms in total. The number of hydrazone groups is 1. The van der Waals surface area contributed by atoms with Crippen molar-refractivity contribution in [2.24, 2.45) is 5.10 Å². The SMILES string of the molecule is CCn1cccc(C(=O)N/N=C\c2ccc(OCc3ccccc3F)c(OC)c2)c1=O. The second-order valence-electron chi connectivity index (χ2n) is 6.50. The Kier molecular flexibility index (Phi) is 7.16. The van der Waals surface area contributed by atoms with E-state index in [1.54, 1.807) is 48.7 Å². The number of hydrogen-bond acceptors (Lipinski definition) is 5. The Morgan fingerprint density at radius 3 is 2.71 bits per heavy atom. The van der Waals surface area contributed by atoms with Crippen molar-refractivity contribution in [3.63, 3.8) is 0 Å². The molecule has 0 aliphatic carbocycles. The van der Waals surface area contributed by atoms with Gasteiger partial charge in [0.15, 0.2) is 11.5 Å². The van der Waals surface area contributed by atoms with Crippen molar-refractivity contribution in [1.29, 1.82) is 0 Å². The highest BCUT2D eigenvalue weighted by atomic mass is 19.1. The Morgan fingerprint density at radius 1 is 1.16 bits per heavy atom.